The monoisotopic (exact) mass is 854 g/mol. The summed E-state index contributed by atoms with van der Waals surface area (Å²) in [6, 6.07) is 83.9. The smallest absolute Gasteiger partial charge is 0.135 e. The molecule has 0 bridgehead atoms. The molecule has 0 amide bonds. The van der Waals surface area contributed by atoms with E-state index in [2.05, 4.69) is 228 Å². The Bertz CT molecular complexity index is 4220. The van der Waals surface area contributed by atoms with Crippen LogP contribution in [0.4, 0.5) is 17.1 Å². The van der Waals surface area contributed by atoms with Gasteiger partial charge in [0.05, 0.1) is 22.1 Å². The zero-order chi connectivity index (χ0) is 43.8. The summed E-state index contributed by atoms with van der Waals surface area (Å²) in [5.41, 5.74) is 15.0. The van der Waals surface area contributed by atoms with Crippen molar-refractivity contribution in [2.24, 2.45) is 0 Å². The van der Waals surface area contributed by atoms with Crippen molar-refractivity contribution in [3.05, 3.63) is 253 Å². The Kier molecular flexibility index (Phi) is 7.40. The third-order valence-electron chi connectivity index (χ3n) is 14.6. The van der Waals surface area contributed by atoms with Crippen molar-refractivity contribution < 1.29 is 9.15 Å². The maximum Gasteiger partial charge on any atom is 0.135 e. The van der Waals surface area contributed by atoms with E-state index in [4.69, 9.17) is 9.15 Å². The predicted molar refractivity (Wildman–Crippen MR) is 275 cm³/mol. The molecule has 1 unspecified atom stereocenters. The zero-order valence-electron chi connectivity index (χ0n) is 36.2. The van der Waals surface area contributed by atoms with Gasteiger partial charge < -0.3 is 18.6 Å². The van der Waals surface area contributed by atoms with Crippen molar-refractivity contribution in [2.45, 2.75) is 5.41 Å². The molecule has 13 aromatic rings. The first-order valence-electron chi connectivity index (χ1n) is 23.0. The number of anilines is 3. The summed E-state index contributed by atoms with van der Waals surface area (Å²) in [5.74, 6) is 1.71. The second-order valence-corrected chi connectivity index (χ2v) is 17.9. The highest BCUT2D eigenvalue weighted by Gasteiger charge is 2.49. The van der Waals surface area contributed by atoms with Gasteiger partial charge in [0.2, 0.25) is 0 Å². The minimum Gasteiger partial charge on any atom is -0.457 e. The standard InChI is InChI=1S/C63H38N2O2/c1-2-18-44-39(14-1)15-13-27-55(44)64(41-31-34-57-49(36-41)46-20-4-8-26-56(46)65(57)42-32-35-59-50(37-42)47-21-5-9-28-58(47)66-59)43-30-33-53-61(38-43)67-60-29-10-7-24-52(60)63(53)51-23-6-3-19-45(51)48-22-11-16-40-17-12-25-54(63)62(40)48/h1-38H. The van der Waals surface area contributed by atoms with E-state index in [-0.39, 0.29) is 0 Å². The zero-order valence-corrected chi connectivity index (χ0v) is 36.2. The SMILES string of the molecule is c1ccc2c(c1)Oc1cc(N(c3ccc4c(c3)c3ccccc3n4-c3ccc4oc5ccccc5c4c3)c3cccc4ccccc34)ccc1C21c2ccccc2-c2cccc3cccc1c23. The average molecular weight is 855 g/mol. The van der Waals surface area contributed by atoms with Crippen molar-refractivity contribution in [2.75, 3.05) is 4.90 Å². The van der Waals surface area contributed by atoms with E-state index >= 15 is 0 Å². The lowest BCUT2D eigenvalue weighted by molar-refractivity contribution is 0.435. The van der Waals surface area contributed by atoms with Crippen LogP contribution in [0.2, 0.25) is 0 Å². The highest BCUT2D eigenvalue weighted by Crippen LogP contribution is 2.61. The Balaban J connectivity index is 0.975. The summed E-state index contributed by atoms with van der Waals surface area (Å²) >= 11 is 0. The van der Waals surface area contributed by atoms with Crippen LogP contribution in [0.3, 0.4) is 0 Å². The largest absolute Gasteiger partial charge is 0.457 e. The molecule has 1 atom stereocenters. The molecule has 1 aliphatic carbocycles. The van der Waals surface area contributed by atoms with E-state index in [1.165, 1.54) is 49.2 Å². The van der Waals surface area contributed by atoms with Gasteiger partial charge in [-0.2, -0.15) is 0 Å². The first kappa shape index (κ1) is 36.5. The molecular formula is C63H38N2O2. The molecule has 0 N–H and O–H groups in total. The summed E-state index contributed by atoms with van der Waals surface area (Å²) < 4.78 is 15.8. The lowest BCUT2D eigenvalue weighted by Gasteiger charge is -2.45. The van der Waals surface area contributed by atoms with Crippen LogP contribution in [-0.2, 0) is 5.41 Å². The van der Waals surface area contributed by atoms with Gasteiger partial charge in [0, 0.05) is 61.2 Å². The van der Waals surface area contributed by atoms with Gasteiger partial charge in [-0.05, 0) is 105 Å². The first-order valence-corrected chi connectivity index (χ1v) is 23.0. The average Bonchev–Trinajstić information content (AvgIpc) is 3.93. The molecule has 1 spiro atoms. The van der Waals surface area contributed by atoms with Gasteiger partial charge in [-0.3, -0.25) is 0 Å². The normalized spacial score (nSPS) is 14.7. The molecule has 4 heteroatoms. The number of furan rings is 1. The van der Waals surface area contributed by atoms with Gasteiger partial charge in [0.25, 0.3) is 0 Å². The molecule has 2 aromatic heterocycles. The number of ether oxygens (including phenoxy) is 1. The molecule has 11 aromatic carbocycles. The van der Waals surface area contributed by atoms with E-state index in [0.717, 1.165) is 83.7 Å². The molecule has 67 heavy (non-hydrogen) atoms. The molecule has 3 heterocycles. The molecule has 0 fully saturated rings. The molecule has 1 aliphatic heterocycles. The Morgan fingerprint density at radius 3 is 1.96 bits per heavy atom. The predicted octanol–water partition coefficient (Wildman–Crippen LogP) is 16.9. The lowest BCUT2D eigenvalue weighted by atomic mass is 9.58. The summed E-state index contributed by atoms with van der Waals surface area (Å²) in [6.07, 6.45) is 0. The molecule has 0 saturated heterocycles. The maximum absolute atomic E-state index is 7.15. The minimum absolute atomic E-state index is 0.621. The second kappa shape index (κ2) is 13.6. The third-order valence-corrected chi connectivity index (χ3v) is 14.6. The number of aromatic nitrogens is 1. The fourth-order valence-electron chi connectivity index (χ4n) is 11.9. The number of hydrogen-bond donors (Lipinski definition) is 0. The number of fused-ring (bicyclic) bond motifs is 15. The van der Waals surface area contributed by atoms with Crippen molar-refractivity contribution >= 4 is 82.4 Å². The van der Waals surface area contributed by atoms with Crippen LogP contribution in [0.15, 0.2) is 235 Å². The van der Waals surface area contributed by atoms with Crippen LogP contribution < -0.4 is 9.64 Å². The lowest BCUT2D eigenvalue weighted by Crippen LogP contribution is -2.36. The van der Waals surface area contributed by atoms with Gasteiger partial charge in [-0.25, -0.2) is 0 Å². The Hall–Kier alpha value is -8.86. The Labute approximate surface area is 385 Å². The van der Waals surface area contributed by atoms with E-state index in [1.807, 2.05) is 12.1 Å². The number of hydrogen-bond acceptors (Lipinski definition) is 3. The van der Waals surface area contributed by atoms with Gasteiger partial charge in [0.15, 0.2) is 0 Å². The third kappa shape index (κ3) is 4.96. The molecule has 2 aliphatic rings. The maximum atomic E-state index is 7.15. The van der Waals surface area contributed by atoms with Crippen LogP contribution >= 0.6 is 0 Å². The topological polar surface area (TPSA) is 30.5 Å². The molecule has 0 saturated carbocycles. The molecule has 0 radical (unpaired) electrons. The fraction of sp³-hybridized carbons (Fsp3) is 0.0159. The first-order chi connectivity index (χ1) is 33.2. The van der Waals surface area contributed by atoms with E-state index in [1.54, 1.807) is 0 Å². The Morgan fingerprint density at radius 1 is 0.373 bits per heavy atom. The van der Waals surface area contributed by atoms with Crippen molar-refractivity contribution in [1.29, 1.82) is 0 Å². The summed E-state index contributed by atoms with van der Waals surface area (Å²) in [7, 11) is 0. The minimum atomic E-state index is -0.621. The highest BCUT2D eigenvalue weighted by molar-refractivity contribution is 6.13. The van der Waals surface area contributed by atoms with Crippen LogP contribution in [0, 0.1) is 0 Å². The van der Waals surface area contributed by atoms with Crippen molar-refractivity contribution in [3.8, 4) is 28.3 Å². The van der Waals surface area contributed by atoms with Crippen LogP contribution in [-0.4, -0.2) is 4.57 Å². The van der Waals surface area contributed by atoms with Crippen LogP contribution in [0.1, 0.15) is 22.3 Å². The van der Waals surface area contributed by atoms with Gasteiger partial charge in [-0.1, -0.05) is 158 Å². The van der Waals surface area contributed by atoms with E-state index in [9.17, 15) is 0 Å². The van der Waals surface area contributed by atoms with E-state index in [0.29, 0.717) is 0 Å². The molecule has 15 rings (SSSR count). The number of nitrogens with zero attached hydrogens (tertiary/aromatic N) is 2. The van der Waals surface area contributed by atoms with Crippen molar-refractivity contribution in [1.82, 2.24) is 4.57 Å². The van der Waals surface area contributed by atoms with Gasteiger partial charge in [-0.15, -0.1) is 0 Å². The van der Waals surface area contributed by atoms with Gasteiger partial charge >= 0.3 is 0 Å². The van der Waals surface area contributed by atoms with Crippen LogP contribution in [0.25, 0.3) is 82.1 Å². The fourth-order valence-corrected chi connectivity index (χ4v) is 11.9. The quantitative estimate of drug-likeness (QED) is 0.177. The number of para-hydroxylation sites is 3. The summed E-state index contributed by atoms with van der Waals surface area (Å²) in [6.45, 7) is 0. The number of rotatable bonds is 4. The molecule has 4 nitrogen and oxygen atoms in total. The van der Waals surface area contributed by atoms with Gasteiger partial charge in [0.1, 0.15) is 22.7 Å². The molecule has 312 valence electrons. The number of benzene rings is 11. The highest BCUT2D eigenvalue weighted by atomic mass is 16.5. The summed E-state index contributed by atoms with van der Waals surface area (Å²) in [4.78, 5) is 2.42. The van der Waals surface area contributed by atoms with Crippen molar-refractivity contribution in [3.63, 3.8) is 0 Å². The second-order valence-electron chi connectivity index (χ2n) is 17.9. The van der Waals surface area contributed by atoms with E-state index < -0.39 is 5.41 Å². The summed E-state index contributed by atoms with van der Waals surface area (Å²) in [5, 5.41) is 9.45. The van der Waals surface area contributed by atoms with Crippen LogP contribution in [0.5, 0.6) is 11.5 Å². The molecular weight excluding hydrogens is 817 g/mol. The Morgan fingerprint density at radius 2 is 1.01 bits per heavy atom.